The van der Waals surface area contributed by atoms with E-state index < -0.39 is 0 Å². The number of nitrogens with two attached hydrogens (primary N) is 1. The maximum absolute atomic E-state index is 11.7. The molecule has 5 nitrogen and oxygen atoms in total. The average Bonchev–Trinajstić information content (AvgIpc) is 3.14. The summed E-state index contributed by atoms with van der Waals surface area (Å²) >= 11 is 7.77. The van der Waals surface area contributed by atoms with Crippen LogP contribution in [0.3, 0.4) is 0 Å². The second-order valence-electron chi connectivity index (χ2n) is 5.04. The van der Waals surface area contributed by atoms with Gasteiger partial charge in [0.15, 0.2) is 5.82 Å². The molecule has 4 rings (SSSR count). The van der Waals surface area contributed by atoms with Gasteiger partial charge in [0.2, 0.25) is 0 Å². The van der Waals surface area contributed by atoms with E-state index >= 15 is 0 Å². The first-order chi connectivity index (χ1) is 11.6. The molecule has 0 atom stereocenters. The van der Waals surface area contributed by atoms with Crippen molar-refractivity contribution in [2.75, 3.05) is 5.73 Å². The fourth-order valence-corrected chi connectivity index (χ4v) is 4.25. The molecule has 3 heterocycles. The number of anilines is 1. The fourth-order valence-electron chi connectivity index (χ4n) is 2.33. The van der Waals surface area contributed by atoms with E-state index in [1.807, 2.05) is 41.8 Å². The van der Waals surface area contributed by atoms with Crippen LogP contribution in [0.4, 0.5) is 5.82 Å². The SMILES string of the molecule is Nc1nc(-c2csc(C=C3SC(=S)NC3=O)c2)nc2ccccc12. The van der Waals surface area contributed by atoms with Crippen LogP contribution < -0.4 is 11.1 Å². The molecule has 0 radical (unpaired) electrons. The molecule has 0 aliphatic carbocycles. The molecular weight excluding hydrogens is 360 g/mol. The van der Waals surface area contributed by atoms with Crippen molar-refractivity contribution in [3.8, 4) is 11.4 Å². The number of hydrogen-bond donors (Lipinski definition) is 2. The van der Waals surface area contributed by atoms with Crippen LogP contribution in [-0.4, -0.2) is 20.2 Å². The highest BCUT2D eigenvalue weighted by Gasteiger charge is 2.22. The number of thiophene rings is 1. The lowest BCUT2D eigenvalue weighted by molar-refractivity contribution is -0.115. The first-order valence-corrected chi connectivity index (χ1v) is 9.06. The minimum Gasteiger partial charge on any atom is -0.383 e. The van der Waals surface area contributed by atoms with Crippen molar-refractivity contribution in [3.05, 3.63) is 45.5 Å². The number of thioether (sulfide) groups is 1. The second-order valence-corrected chi connectivity index (χ2v) is 7.70. The largest absolute Gasteiger partial charge is 0.383 e. The third-order valence-corrected chi connectivity index (χ3v) is 5.47. The van der Waals surface area contributed by atoms with Gasteiger partial charge in [0, 0.05) is 21.2 Å². The Bertz CT molecular complexity index is 1030. The number of nitrogens with one attached hydrogen (secondary N) is 1. The summed E-state index contributed by atoms with van der Waals surface area (Å²) < 4.78 is 0.480. The molecule has 1 aromatic carbocycles. The average molecular weight is 370 g/mol. The quantitative estimate of drug-likeness (QED) is 0.531. The van der Waals surface area contributed by atoms with E-state index in [-0.39, 0.29) is 5.91 Å². The van der Waals surface area contributed by atoms with Gasteiger partial charge >= 0.3 is 0 Å². The van der Waals surface area contributed by atoms with Crippen molar-refractivity contribution in [3.63, 3.8) is 0 Å². The number of carbonyl (C=O) groups excluding carboxylic acids is 1. The molecule has 1 aliphatic heterocycles. The standard InChI is InChI=1S/C16H10N4OS3/c17-13-10-3-1-2-4-11(10)18-14(19-13)8-5-9(23-7-8)6-12-15(21)20-16(22)24-12/h1-7H,(H2,17,18,19)(H,20,21,22). The van der Waals surface area contributed by atoms with E-state index in [4.69, 9.17) is 18.0 Å². The number of hydrogen-bond acceptors (Lipinski definition) is 7. The molecule has 1 aliphatic rings. The second kappa shape index (κ2) is 5.97. The zero-order chi connectivity index (χ0) is 16.7. The lowest BCUT2D eigenvalue weighted by atomic mass is 10.2. The number of amides is 1. The van der Waals surface area contributed by atoms with Crippen molar-refractivity contribution in [1.82, 2.24) is 15.3 Å². The predicted molar refractivity (Wildman–Crippen MR) is 104 cm³/mol. The Hall–Kier alpha value is -2.29. The van der Waals surface area contributed by atoms with Gasteiger partial charge < -0.3 is 11.1 Å². The summed E-state index contributed by atoms with van der Waals surface area (Å²) in [4.78, 5) is 22.2. The van der Waals surface area contributed by atoms with Gasteiger partial charge in [-0.05, 0) is 24.3 Å². The van der Waals surface area contributed by atoms with Crippen LogP contribution in [0.2, 0.25) is 0 Å². The van der Waals surface area contributed by atoms with Crippen molar-refractivity contribution in [2.45, 2.75) is 0 Å². The number of rotatable bonds is 2. The van der Waals surface area contributed by atoms with Gasteiger partial charge in [-0.15, -0.1) is 11.3 Å². The number of para-hydroxylation sites is 1. The monoisotopic (exact) mass is 370 g/mol. The van der Waals surface area contributed by atoms with Crippen LogP contribution in [0.1, 0.15) is 4.88 Å². The highest BCUT2D eigenvalue weighted by Crippen LogP contribution is 2.31. The van der Waals surface area contributed by atoms with E-state index in [1.54, 1.807) is 0 Å². The maximum Gasteiger partial charge on any atom is 0.263 e. The molecule has 8 heteroatoms. The number of fused-ring (bicyclic) bond motifs is 1. The summed E-state index contributed by atoms with van der Waals surface area (Å²) in [7, 11) is 0. The molecule has 118 valence electrons. The van der Waals surface area contributed by atoms with Crippen LogP contribution in [-0.2, 0) is 4.79 Å². The van der Waals surface area contributed by atoms with Gasteiger partial charge in [-0.2, -0.15) is 0 Å². The molecule has 2 aromatic heterocycles. The van der Waals surface area contributed by atoms with Crippen molar-refractivity contribution < 1.29 is 4.79 Å². The van der Waals surface area contributed by atoms with Gasteiger partial charge in [-0.3, -0.25) is 4.79 Å². The lowest BCUT2D eigenvalue weighted by Crippen LogP contribution is -2.17. The summed E-state index contributed by atoms with van der Waals surface area (Å²) in [5.41, 5.74) is 7.71. The number of benzene rings is 1. The fraction of sp³-hybridized carbons (Fsp3) is 0. The molecule has 0 unspecified atom stereocenters. The summed E-state index contributed by atoms with van der Waals surface area (Å²) in [6.07, 6.45) is 1.82. The number of nitrogens with zero attached hydrogens (tertiary/aromatic N) is 2. The highest BCUT2D eigenvalue weighted by molar-refractivity contribution is 8.26. The molecule has 1 fully saturated rings. The normalized spacial score (nSPS) is 16.1. The van der Waals surface area contributed by atoms with E-state index in [0.29, 0.717) is 20.9 Å². The number of thiocarbonyl (C=S) groups is 1. The van der Waals surface area contributed by atoms with E-state index in [0.717, 1.165) is 21.3 Å². The van der Waals surface area contributed by atoms with Crippen LogP contribution >= 0.6 is 35.3 Å². The Kier molecular flexibility index (Phi) is 3.79. The Morgan fingerprint density at radius 3 is 2.88 bits per heavy atom. The number of carbonyl (C=O) groups is 1. The van der Waals surface area contributed by atoms with Crippen LogP contribution in [0.5, 0.6) is 0 Å². The molecule has 1 saturated heterocycles. The summed E-state index contributed by atoms with van der Waals surface area (Å²) in [5, 5.41) is 5.39. The zero-order valence-corrected chi connectivity index (χ0v) is 14.6. The Morgan fingerprint density at radius 2 is 2.08 bits per heavy atom. The Morgan fingerprint density at radius 1 is 1.25 bits per heavy atom. The first-order valence-electron chi connectivity index (χ1n) is 6.96. The summed E-state index contributed by atoms with van der Waals surface area (Å²) in [5.74, 6) is 0.870. The molecule has 3 N–H and O–H groups in total. The van der Waals surface area contributed by atoms with Crippen LogP contribution in [0.25, 0.3) is 28.4 Å². The molecule has 1 amide bonds. The highest BCUT2D eigenvalue weighted by atomic mass is 32.2. The zero-order valence-electron chi connectivity index (χ0n) is 12.1. The third-order valence-electron chi connectivity index (χ3n) is 3.43. The van der Waals surface area contributed by atoms with Gasteiger partial charge in [-0.25, -0.2) is 9.97 Å². The molecule has 3 aromatic rings. The summed E-state index contributed by atoms with van der Waals surface area (Å²) in [6.45, 7) is 0. The van der Waals surface area contributed by atoms with E-state index in [2.05, 4.69) is 15.3 Å². The number of nitrogen functional groups attached to an aromatic ring is 1. The molecular formula is C16H10N4OS3. The van der Waals surface area contributed by atoms with Gasteiger partial charge in [-0.1, -0.05) is 36.1 Å². The van der Waals surface area contributed by atoms with Crippen molar-refractivity contribution >= 4 is 68.3 Å². The minimum atomic E-state index is -0.161. The Balaban J connectivity index is 1.72. The van der Waals surface area contributed by atoms with Crippen molar-refractivity contribution in [1.29, 1.82) is 0 Å². The number of aromatic nitrogens is 2. The third kappa shape index (κ3) is 2.79. The molecule has 0 spiro atoms. The smallest absolute Gasteiger partial charge is 0.263 e. The van der Waals surface area contributed by atoms with Crippen LogP contribution in [0.15, 0.2) is 40.6 Å². The maximum atomic E-state index is 11.7. The molecule has 0 saturated carbocycles. The van der Waals surface area contributed by atoms with Crippen molar-refractivity contribution in [2.24, 2.45) is 0 Å². The first kappa shape index (κ1) is 15.3. The topological polar surface area (TPSA) is 80.9 Å². The summed E-state index contributed by atoms with van der Waals surface area (Å²) in [6, 6.07) is 9.58. The molecule has 24 heavy (non-hydrogen) atoms. The van der Waals surface area contributed by atoms with Gasteiger partial charge in [0.05, 0.1) is 10.4 Å². The van der Waals surface area contributed by atoms with E-state index in [1.165, 1.54) is 23.1 Å². The minimum absolute atomic E-state index is 0.161. The van der Waals surface area contributed by atoms with Gasteiger partial charge in [0.1, 0.15) is 10.1 Å². The predicted octanol–water partition coefficient (Wildman–Crippen LogP) is 3.43. The molecule has 0 bridgehead atoms. The van der Waals surface area contributed by atoms with E-state index in [9.17, 15) is 4.79 Å². The van der Waals surface area contributed by atoms with Gasteiger partial charge in [0.25, 0.3) is 5.91 Å². The Labute approximate surface area is 151 Å². The van der Waals surface area contributed by atoms with Crippen LogP contribution in [0, 0.1) is 0 Å². The lowest BCUT2D eigenvalue weighted by Gasteiger charge is -2.03.